The molecule has 5 nitrogen and oxygen atoms in total. The SMILES string of the molecule is N#Cc1ccc(S(=O)(=O)Nc2cccc(Cl)c2F)cn1. The van der Waals surface area contributed by atoms with Gasteiger partial charge in [0.05, 0.1) is 10.7 Å². The number of hydrogen-bond donors (Lipinski definition) is 1. The Morgan fingerprint density at radius 1 is 1.30 bits per heavy atom. The van der Waals surface area contributed by atoms with Crippen molar-refractivity contribution < 1.29 is 12.8 Å². The molecule has 2 rings (SSSR count). The average molecular weight is 312 g/mol. The van der Waals surface area contributed by atoms with Crippen molar-refractivity contribution >= 4 is 27.3 Å². The van der Waals surface area contributed by atoms with Gasteiger partial charge < -0.3 is 0 Å². The highest BCUT2D eigenvalue weighted by Crippen LogP contribution is 2.24. The maximum absolute atomic E-state index is 13.6. The van der Waals surface area contributed by atoms with E-state index in [4.69, 9.17) is 16.9 Å². The molecule has 0 amide bonds. The van der Waals surface area contributed by atoms with Crippen LogP contribution in [0.4, 0.5) is 10.1 Å². The summed E-state index contributed by atoms with van der Waals surface area (Å²) in [4.78, 5) is 3.46. The molecule has 20 heavy (non-hydrogen) atoms. The van der Waals surface area contributed by atoms with Gasteiger partial charge in [0.1, 0.15) is 16.7 Å². The fourth-order valence-electron chi connectivity index (χ4n) is 1.39. The van der Waals surface area contributed by atoms with Crippen molar-refractivity contribution in [3.05, 3.63) is 53.1 Å². The first kappa shape index (κ1) is 14.2. The number of nitrogens with zero attached hydrogens (tertiary/aromatic N) is 2. The van der Waals surface area contributed by atoms with Crippen LogP contribution in [0.3, 0.4) is 0 Å². The monoisotopic (exact) mass is 311 g/mol. The molecule has 2 aromatic rings. The van der Waals surface area contributed by atoms with Gasteiger partial charge >= 0.3 is 0 Å². The van der Waals surface area contributed by atoms with Crippen molar-refractivity contribution in [3.63, 3.8) is 0 Å². The van der Waals surface area contributed by atoms with Crippen molar-refractivity contribution in [2.45, 2.75) is 4.90 Å². The molecule has 0 spiro atoms. The van der Waals surface area contributed by atoms with E-state index in [0.717, 1.165) is 6.20 Å². The second-order valence-corrected chi connectivity index (χ2v) is 5.79. The molecule has 102 valence electrons. The van der Waals surface area contributed by atoms with E-state index < -0.39 is 15.8 Å². The van der Waals surface area contributed by atoms with E-state index in [2.05, 4.69) is 9.71 Å². The van der Waals surface area contributed by atoms with E-state index in [1.807, 2.05) is 0 Å². The Labute approximate surface area is 119 Å². The molecule has 0 radical (unpaired) electrons. The van der Waals surface area contributed by atoms with Crippen LogP contribution in [0.5, 0.6) is 0 Å². The summed E-state index contributed by atoms with van der Waals surface area (Å²) in [5, 5.41) is 8.40. The standard InChI is InChI=1S/C12H7ClFN3O2S/c13-10-2-1-3-11(12(10)14)17-20(18,19)9-5-4-8(6-15)16-7-9/h1-5,7,17H. The van der Waals surface area contributed by atoms with Gasteiger partial charge in [0, 0.05) is 6.20 Å². The van der Waals surface area contributed by atoms with Crippen LogP contribution < -0.4 is 4.72 Å². The largest absolute Gasteiger partial charge is 0.277 e. The van der Waals surface area contributed by atoms with E-state index >= 15 is 0 Å². The molecule has 0 bridgehead atoms. The summed E-state index contributed by atoms with van der Waals surface area (Å²) in [6.07, 6.45) is 1.02. The Kier molecular flexibility index (Phi) is 3.88. The number of aromatic nitrogens is 1. The predicted octanol–water partition coefficient (Wildman–Crippen LogP) is 2.55. The van der Waals surface area contributed by atoms with E-state index in [0.29, 0.717) is 0 Å². The van der Waals surface area contributed by atoms with Crippen LogP contribution in [-0.4, -0.2) is 13.4 Å². The fourth-order valence-corrected chi connectivity index (χ4v) is 2.57. The van der Waals surface area contributed by atoms with Gasteiger partial charge in [-0.3, -0.25) is 4.72 Å². The van der Waals surface area contributed by atoms with E-state index in [1.165, 1.54) is 30.3 Å². The summed E-state index contributed by atoms with van der Waals surface area (Å²) < 4.78 is 39.8. The van der Waals surface area contributed by atoms with Crippen LogP contribution in [0.1, 0.15) is 5.69 Å². The molecule has 0 fully saturated rings. The molecule has 1 aromatic carbocycles. The number of nitriles is 1. The molecule has 0 aliphatic heterocycles. The highest BCUT2D eigenvalue weighted by Gasteiger charge is 2.17. The quantitative estimate of drug-likeness (QED) is 0.944. The summed E-state index contributed by atoms with van der Waals surface area (Å²) in [6.45, 7) is 0. The third-order valence-electron chi connectivity index (χ3n) is 2.36. The summed E-state index contributed by atoms with van der Waals surface area (Å²) in [7, 11) is -4.00. The Morgan fingerprint density at radius 3 is 2.65 bits per heavy atom. The number of benzene rings is 1. The van der Waals surface area contributed by atoms with Gasteiger partial charge in [0.2, 0.25) is 0 Å². The predicted molar refractivity (Wildman–Crippen MR) is 71.2 cm³/mol. The second-order valence-electron chi connectivity index (χ2n) is 3.70. The van der Waals surface area contributed by atoms with Crippen molar-refractivity contribution in [2.24, 2.45) is 0 Å². The van der Waals surface area contributed by atoms with Crippen LogP contribution in [0.2, 0.25) is 5.02 Å². The van der Waals surface area contributed by atoms with Gasteiger partial charge in [-0.05, 0) is 24.3 Å². The van der Waals surface area contributed by atoms with Gasteiger partial charge in [-0.25, -0.2) is 17.8 Å². The lowest BCUT2D eigenvalue weighted by Gasteiger charge is -2.09. The zero-order valence-corrected chi connectivity index (χ0v) is 11.4. The molecule has 1 N–H and O–H groups in total. The number of halogens is 2. The molecule has 0 aliphatic rings. The molecule has 8 heteroatoms. The van der Waals surface area contributed by atoms with Crippen LogP contribution >= 0.6 is 11.6 Å². The van der Waals surface area contributed by atoms with E-state index in [-0.39, 0.29) is 21.3 Å². The number of rotatable bonds is 3. The topological polar surface area (TPSA) is 82.8 Å². The van der Waals surface area contributed by atoms with Crippen molar-refractivity contribution in [3.8, 4) is 6.07 Å². The minimum atomic E-state index is -4.00. The number of nitrogens with one attached hydrogen (secondary N) is 1. The maximum Gasteiger partial charge on any atom is 0.263 e. The average Bonchev–Trinajstić information content (AvgIpc) is 2.44. The molecule has 0 saturated heterocycles. The number of sulfonamides is 1. The molecular formula is C12H7ClFN3O2S. The van der Waals surface area contributed by atoms with Crippen molar-refractivity contribution in [2.75, 3.05) is 4.72 Å². The van der Waals surface area contributed by atoms with Crippen LogP contribution in [0.25, 0.3) is 0 Å². The third kappa shape index (κ3) is 2.87. The second kappa shape index (κ2) is 5.45. The minimum Gasteiger partial charge on any atom is -0.277 e. The molecule has 0 aliphatic carbocycles. The van der Waals surface area contributed by atoms with Crippen LogP contribution in [-0.2, 0) is 10.0 Å². The molecular weight excluding hydrogens is 305 g/mol. The lowest BCUT2D eigenvalue weighted by atomic mass is 10.3. The lowest BCUT2D eigenvalue weighted by molar-refractivity contribution is 0.598. The van der Waals surface area contributed by atoms with Crippen LogP contribution in [0.15, 0.2) is 41.4 Å². The zero-order valence-electron chi connectivity index (χ0n) is 9.84. The van der Waals surface area contributed by atoms with Crippen molar-refractivity contribution in [1.82, 2.24) is 4.98 Å². The highest BCUT2D eigenvalue weighted by molar-refractivity contribution is 7.92. The molecule has 0 unspecified atom stereocenters. The van der Waals surface area contributed by atoms with Gasteiger partial charge in [-0.1, -0.05) is 17.7 Å². The Bertz CT molecular complexity index is 785. The summed E-state index contributed by atoms with van der Waals surface area (Å²) in [5.41, 5.74) is -0.181. The normalized spacial score (nSPS) is 10.8. The highest BCUT2D eigenvalue weighted by atomic mass is 35.5. The summed E-state index contributed by atoms with van der Waals surface area (Å²) in [6, 6.07) is 8.19. The minimum absolute atomic E-state index is 0.0814. The Morgan fingerprint density at radius 2 is 2.05 bits per heavy atom. The zero-order chi connectivity index (χ0) is 14.8. The van der Waals surface area contributed by atoms with Gasteiger partial charge in [0.25, 0.3) is 10.0 Å². The van der Waals surface area contributed by atoms with E-state index in [9.17, 15) is 12.8 Å². The van der Waals surface area contributed by atoms with Gasteiger partial charge in [0.15, 0.2) is 5.82 Å². The van der Waals surface area contributed by atoms with Crippen LogP contribution in [0, 0.1) is 17.1 Å². The third-order valence-corrected chi connectivity index (χ3v) is 4.00. The number of pyridine rings is 1. The Balaban J connectivity index is 2.36. The molecule has 1 heterocycles. The molecule has 0 atom stereocenters. The van der Waals surface area contributed by atoms with Gasteiger partial charge in [-0.2, -0.15) is 5.26 Å². The smallest absolute Gasteiger partial charge is 0.263 e. The fraction of sp³-hybridized carbons (Fsp3) is 0. The first-order valence-electron chi connectivity index (χ1n) is 5.27. The molecule has 0 saturated carbocycles. The first-order chi connectivity index (χ1) is 9.44. The number of anilines is 1. The summed E-state index contributed by atoms with van der Waals surface area (Å²) in [5.74, 6) is -0.862. The maximum atomic E-state index is 13.6. The van der Waals surface area contributed by atoms with E-state index in [1.54, 1.807) is 6.07 Å². The Hall–Kier alpha value is -2.17. The molecule has 1 aromatic heterocycles. The summed E-state index contributed by atoms with van der Waals surface area (Å²) >= 11 is 5.57. The first-order valence-corrected chi connectivity index (χ1v) is 7.13. The van der Waals surface area contributed by atoms with Gasteiger partial charge in [-0.15, -0.1) is 0 Å². The van der Waals surface area contributed by atoms with Crippen molar-refractivity contribution in [1.29, 1.82) is 5.26 Å². The lowest BCUT2D eigenvalue weighted by Crippen LogP contribution is -2.14. The number of hydrogen-bond acceptors (Lipinski definition) is 4.